The lowest BCUT2D eigenvalue weighted by atomic mass is 9.41. The molecule has 0 aromatic heterocycles. The van der Waals surface area contributed by atoms with Crippen LogP contribution in [0.3, 0.4) is 0 Å². The van der Waals surface area contributed by atoms with Gasteiger partial charge in [0.1, 0.15) is 6.10 Å². The number of nitrogens with zero attached hydrogens (tertiary/aromatic N) is 1. The molecule has 0 bridgehead atoms. The normalized spacial score (nSPS) is 50.7. The first-order valence-electron chi connectivity index (χ1n) is 20.8. The fourth-order valence-corrected chi connectivity index (χ4v) is 15.1. The van der Waals surface area contributed by atoms with Crippen LogP contribution in [0.4, 0.5) is 0 Å². The highest BCUT2D eigenvalue weighted by atomic mass is 16.7. The van der Waals surface area contributed by atoms with Crippen LogP contribution in [-0.4, -0.2) is 88.2 Å². The lowest BCUT2D eigenvalue weighted by Gasteiger charge is -2.64. The Morgan fingerprint density at radius 1 is 0.980 bits per heavy atom. The summed E-state index contributed by atoms with van der Waals surface area (Å²) in [6, 6.07) is 0. The van der Waals surface area contributed by atoms with Crippen LogP contribution in [-0.2, 0) is 19.0 Å². The fourth-order valence-electron chi connectivity index (χ4n) is 15.1. The maximum absolute atomic E-state index is 13.3. The number of hydrogen-bond acceptors (Lipinski definition) is 7. The Labute approximate surface area is 301 Å². The van der Waals surface area contributed by atoms with Gasteiger partial charge in [0.2, 0.25) is 5.91 Å². The van der Waals surface area contributed by atoms with Crippen molar-refractivity contribution in [1.82, 2.24) is 4.90 Å². The average molecular weight is 700 g/mol. The van der Waals surface area contributed by atoms with E-state index >= 15 is 0 Å². The van der Waals surface area contributed by atoms with Crippen LogP contribution in [0.15, 0.2) is 0 Å². The highest BCUT2D eigenvalue weighted by molar-refractivity contribution is 5.76. The Kier molecular flexibility index (Phi) is 8.78. The van der Waals surface area contributed by atoms with Gasteiger partial charge < -0.3 is 34.4 Å². The van der Waals surface area contributed by atoms with Crippen molar-refractivity contribution in [2.75, 3.05) is 19.7 Å². The third-order valence-electron chi connectivity index (χ3n) is 17.7. The van der Waals surface area contributed by atoms with E-state index < -0.39 is 23.9 Å². The number of rotatable bonds is 6. The first-order valence-corrected chi connectivity index (χ1v) is 20.8. The molecule has 0 aromatic carbocycles. The van der Waals surface area contributed by atoms with E-state index in [1.165, 1.54) is 51.4 Å². The maximum atomic E-state index is 13.3. The Bertz CT molecular complexity index is 1310. The summed E-state index contributed by atoms with van der Waals surface area (Å²) in [4.78, 5) is 15.3. The molecule has 3 N–H and O–H groups in total. The number of carbonyl (C=O) groups excluding carboxylic acids is 1. The van der Waals surface area contributed by atoms with Gasteiger partial charge in [-0.1, -0.05) is 53.9 Å². The molecule has 2 heterocycles. The van der Waals surface area contributed by atoms with Crippen LogP contribution in [0.2, 0.25) is 0 Å². The molecule has 6 aliphatic carbocycles. The summed E-state index contributed by atoms with van der Waals surface area (Å²) in [5, 5.41) is 34.2. The van der Waals surface area contributed by atoms with Crippen LogP contribution < -0.4 is 0 Å². The first kappa shape index (κ1) is 36.2. The van der Waals surface area contributed by atoms with Crippen molar-refractivity contribution < 1.29 is 34.3 Å². The number of fused-ring (bicyclic) bond motifs is 4. The molecule has 284 valence electrons. The van der Waals surface area contributed by atoms with Gasteiger partial charge in [0, 0.05) is 18.4 Å². The molecule has 8 heteroatoms. The van der Waals surface area contributed by atoms with Crippen LogP contribution in [0, 0.1) is 56.7 Å². The summed E-state index contributed by atoms with van der Waals surface area (Å²) in [7, 11) is 0. The van der Waals surface area contributed by atoms with Crippen molar-refractivity contribution in [3.8, 4) is 0 Å². The number of morpholine rings is 1. The molecule has 1 amide bonds. The number of hydrogen-bond donors (Lipinski definition) is 3. The zero-order valence-electron chi connectivity index (χ0n) is 32.3. The molecule has 0 aromatic rings. The largest absolute Gasteiger partial charge is 0.390 e. The molecule has 2 saturated heterocycles. The Morgan fingerprint density at radius 3 is 2.40 bits per heavy atom. The summed E-state index contributed by atoms with van der Waals surface area (Å²) in [6.45, 7) is 17.1. The van der Waals surface area contributed by atoms with Gasteiger partial charge in [0.25, 0.3) is 0 Å². The van der Waals surface area contributed by atoms with Crippen molar-refractivity contribution in [3.05, 3.63) is 0 Å². The molecule has 8 unspecified atom stereocenters. The molecule has 2 aliphatic heterocycles. The quantitative estimate of drug-likeness (QED) is 0.292. The SMILES string of the molecule is C[C@@H]1CC(C(O)C(C)(C)O)OC2[C@H]1C1(C)CCC34CC35CCC(O[C@H]3CN(C(=O)CC6CCCCC6)CCO3)C(C)(C)[C@@H]5CCC4[C@]1(C)[C@H]2O. The van der Waals surface area contributed by atoms with E-state index in [0.717, 1.165) is 25.7 Å². The standard InChI is InChI=1S/C42H69NO7/c1-25-21-27(35(45)38(4,5)47)49-34-33(25)39(6)17-18-42-24-41(42)16-15-30(37(2,3)28(41)13-14-29(42)40(39,7)36(34)46)50-32-23-43(19-20-48-32)31(44)22-26-11-9-8-10-12-26/h25-30,32-36,45-47H,8-24H2,1-7H3/t25-,27?,28+,29?,30?,32+,33+,34?,35?,36+,39?,40-,41?,42?/m1/s1. The zero-order chi connectivity index (χ0) is 35.6. The van der Waals surface area contributed by atoms with E-state index in [1.54, 1.807) is 13.8 Å². The summed E-state index contributed by atoms with van der Waals surface area (Å²) in [5.74, 6) is 2.36. The van der Waals surface area contributed by atoms with Gasteiger partial charge >= 0.3 is 0 Å². The number of amides is 1. The molecule has 6 saturated carbocycles. The summed E-state index contributed by atoms with van der Waals surface area (Å²) >= 11 is 0. The van der Waals surface area contributed by atoms with Gasteiger partial charge in [-0.2, -0.15) is 0 Å². The van der Waals surface area contributed by atoms with E-state index in [9.17, 15) is 20.1 Å². The molecular formula is C42H69NO7. The highest BCUT2D eigenvalue weighted by Crippen LogP contribution is 2.89. The first-order chi connectivity index (χ1) is 23.5. The third kappa shape index (κ3) is 5.06. The van der Waals surface area contributed by atoms with Gasteiger partial charge in [0.05, 0.1) is 43.2 Å². The molecule has 14 atom stereocenters. The van der Waals surface area contributed by atoms with Crippen molar-refractivity contribution in [2.24, 2.45) is 56.7 Å². The lowest BCUT2D eigenvalue weighted by molar-refractivity contribution is -0.248. The number of carbonyl (C=O) groups is 1. The molecule has 8 fully saturated rings. The van der Waals surface area contributed by atoms with Gasteiger partial charge in [0.15, 0.2) is 6.29 Å². The Balaban J connectivity index is 0.974. The summed E-state index contributed by atoms with van der Waals surface area (Å²) in [6.07, 6.45) is 13.0. The lowest BCUT2D eigenvalue weighted by Crippen LogP contribution is -2.60. The molecule has 8 rings (SSSR count). The molecular weight excluding hydrogens is 630 g/mol. The van der Waals surface area contributed by atoms with E-state index in [2.05, 4.69) is 34.6 Å². The Morgan fingerprint density at radius 2 is 1.68 bits per heavy atom. The van der Waals surface area contributed by atoms with Gasteiger partial charge in [-0.3, -0.25) is 4.79 Å². The third-order valence-corrected chi connectivity index (χ3v) is 17.7. The number of aliphatic hydroxyl groups is 3. The van der Waals surface area contributed by atoms with E-state index in [0.29, 0.717) is 61.6 Å². The molecule has 50 heavy (non-hydrogen) atoms. The smallest absolute Gasteiger partial charge is 0.223 e. The second-order valence-electron chi connectivity index (χ2n) is 20.6. The topological polar surface area (TPSA) is 109 Å². The molecule has 8 aliphatic rings. The van der Waals surface area contributed by atoms with Crippen molar-refractivity contribution in [1.29, 1.82) is 0 Å². The van der Waals surface area contributed by atoms with Gasteiger partial charge in [-0.25, -0.2) is 0 Å². The van der Waals surface area contributed by atoms with Crippen molar-refractivity contribution in [3.63, 3.8) is 0 Å². The second-order valence-corrected chi connectivity index (χ2v) is 20.6. The Hall–Kier alpha value is -0.770. The van der Waals surface area contributed by atoms with Crippen molar-refractivity contribution in [2.45, 2.75) is 181 Å². The van der Waals surface area contributed by atoms with Gasteiger partial charge in [-0.15, -0.1) is 0 Å². The average Bonchev–Trinajstić information content (AvgIpc) is 3.70. The molecule has 2 spiro atoms. The van der Waals surface area contributed by atoms with Crippen LogP contribution in [0.5, 0.6) is 0 Å². The van der Waals surface area contributed by atoms with Crippen LogP contribution in [0.25, 0.3) is 0 Å². The summed E-state index contributed by atoms with van der Waals surface area (Å²) < 4.78 is 19.8. The minimum absolute atomic E-state index is 0.00746. The number of aliphatic hydroxyl groups excluding tert-OH is 2. The minimum atomic E-state index is -1.26. The summed E-state index contributed by atoms with van der Waals surface area (Å²) in [5.41, 5.74) is -1.03. The molecule has 8 nitrogen and oxygen atoms in total. The minimum Gasteiger partial charge on any atom is -0.390 e. The predicted molar refractivity (Wildman–Crippen MR) is 191 cm³/mol. The van der Waals surface area contributed by atoms with E-state index in [-0.39, 0.29) is 52.0 Å². The van der Waals surface area contributed by atoms with Crippen molar-refractivity contribution >= 4 is 5.91 Å². The van der Waals surface area contributed by atoms with Crippen LogP contribution in [0.1, 0.15) is 138 Å². The fraction of sp³-hybridized carbons (Fsp3) is 0.976. The number of ether oxygens (including phenoxy) is 3. The predicted octanol–water partition coefficient (Wildman–Crippen LogP) is 6.47. The van der Waals surface area contributed by atoms with E-state index in [1.807, 2.05) is 4.90 Å². The van der Waals surface area contributed by atoms with Gasteiger partial charge in [-0.05, 0) is 129 Å². The zero-order valence-corrected chi connectivity index (χ0v) is 32.3. The highest BCUT2D eigenvalue weighted by Gasteiger charge is 2.84. The van der Waals surface area contributed by atoms with Crippen LogP contribution >= 0.6 is 0 Å². The van der Waals surface area contributed by atoms with E-state index in [4.69, 9.17) is 14.2 Å². The monoisotopic (exact) mass is 700 g/mol. The molecule has 0 radical (unpaired) electrons. The maximum Gasteiger partial charge on any atom is 0.223 e. The second kappa shape index (κ2) is 12.1.